The van der Waals surface area contributed by atoms with E-state index < -0.39 is 17.8 Å². The average Bonchev–Trinajstić information content (AvgIpc) is 2.64. The number of alkyl halides is 3. The number of anilines is 1. The second-order valence-electron chi connectivity index (χ2n) is 5.34. The first-order valence-electron chi connectivity index (χ1n) is 7.75. The van der Waals surface area contributed by atoms with E-state index in [2.05, 4.69) is 10.3 Å². The van der Waals surface area contributed by atoms with Crippen molar-refractivity contribution < 1.29 is 27.4 Å². The van der Waals surface area contributed by atoms with E-state index in [1.165, 1.54) is 24.3 Å². The highest BCUT2D eigenvalue weighted by molar-refractivity contribution is 5.86. The lowest BCUT2D eigenvalue weighted by molar-refractivity contribution is -0.137. The number of pyridine rings is 1. The number of carbonyl (C=O) groups is 1. The van der Waals surface area contributed by atoms with Crippen LogP contribution in [-0.4, -0.2) is 11.1 Å². The van der Waals surface area contributed by atoms with Gasteiger partial charge in [0.05, 0.1) is 5.56 Å². The summed E-state index contributed by atoms with van der Waals surface area (Å²) in [6, 6.07) is 16.8. The van der Waals surface area contributed by atoms with Gasteiger partial charge in [0.2, 0.25) is 5.88 Å². The second kappa shape index (κ2) is 7.77. The highest BCUT2D eigenvalue weighted by Gasteiger charge is 2.30. The van der Waals surface area contributed by atoms with Crippen molar-refractivity contribution in [2.24, 2.45) is 0 Å². The molecule has 0 unspecified atom stereocenters. The number of nitrogens with one attached hydrogen (secondary N) is 1. The van der Waals surface area contributed by atoms with Crippen molar-refractivity contribution in [1.29, 1.82) is 0 Å². The van der Waals surface area contributed by atoms with Crippen LogP contribution in [0.15, 0.2) is 72.9 Å². The average molecular weight is 374 g/mol. The summed E-state index contributed by atoms with van der Waals surface area (Å²) in [6.07, 6.45) is -4.41. The molecule has 5 nitrogen and oxygen atoms in total. The van der Waals surface area contributed by atoms with Crippen molar-refractivity contribution >= 4 is 11.8 Å². The number of rotatable bonds is 4. The fraction of sp³-hybridized carbons (Fsp3) is 0.0526. The standard InChI is InChI=1S/C19H13F3N2O3/c20-19(21,22)13-6-11-17(23-12-13)26-15-7-9-16(10-8-15)27-18(25)24-14-4-2-1-3-5-14/h1-12H,(H,24,25). The smallest absolute Gasteiger partial charge is 0.417 e. The molecule has 0 bridgehead atoms. The number of carbonyl (C=O) groups excluding carboxylic acids is 1. The summed E-state index contributed by atoms with van der Waals surface area (Å²) < 4.78 is 48.0. The number of para-hydroxylation sites is 1. The van der Waals surface area contributed by atoms with Gasteiger partial charge in [-0.3, -0.25) is 5.32 Å². The first kappa shape index (κ1) is 18.2. The molecule has 0 saturated heterocycles. The molecule has 0 radical (unpaired) electrons. The van der Waals surface area contributed by atoms with Crippen LogP contribution in [-0.2, 0) is 6.18 Å². The van der Waals surface area contributed by atoms with Crippen LogP contribution < -0.4 is 14.8 Å². The second-order valence-corrected chi connectivity index (χ2v) is 5.34. The molecule has 0 spiro atoms. The Bertz CT molecular complexity index is 896. The maximum Gasteiger partial charge on any atom is 0.417 e. The number of aromatic nitrogens is 1. The number of halogens is 3. The summed E-state index contributed by atoms with van der Waals surface area (Å²) in [6.45, 7) is 0. The van der Waals surface area contributed by atoms with Gasteiger partial charge >= 0.3 is 12.3 Å². The SMILES string of the molecule is O=C(Nc1ccccc1)Oc1ccc(Oc2ccc(C(F)(F)F)cn2)cc1. The highest BCUT2D eigenvalue weighted by Crippen LogP contribution is 2.30. The molecule has 3 aromatic rings. The molecule has 1 N–H and O–H groups in total. The molecule has 1 aromatic heterocycles. The minimum atomic E-state index is -4.45. The van der Waals surface area contributed by atoms with Crippen LogP contribution in [0.25, 0.3) is 0 Å². The molecule has 27 heavy (non-hydrogen) atoms. The molecule has 3 rings (SSSR count). The number of nitrogens with zero attached hydrogens (tertiary/aromatic N) is 1. The normalized spacial score (nSPS) is 10.9. The lowest BCUT2D eigenvalue weighted by atomic mass is 10.3. The molecule has 2 aromatic carbocycles. The van der Waals surface area contributed by atoms with Crippen LogP contribution in [0.4, 0.5) is 23.7 Å². The number of hydrogen-bond acceptors (Lipinski definition) is 4. The Labute approximate surface area is 152 Å². The summed E-state index contributed by atoms with van der Waals surface area (Å²) in [5.74, 6) is 0.618. The summed E-state index contributed by atoms with van der Waals surface area (Å²) in [4.78, 5) is 15.4. The minimum Gasteiger partial charge on any atom is -0.439 e. The minimum absolute atomic E-state index is 0.0125. The number of hydrogen-bond donors (Lipinski definition) is 1. The van der Waals surface area contributed by atoms with Crippen molar-refractivity contribution in [3.8, 4) is 17.4 Å². The Morgan fingerprint density at radius 3 is 2.15 bits per heavy atom. The van der Waals surface area contributed by atoms with E-state index in [-0.39, 0.29) is 11.6 Å². The molecule has 0 aliphatic rings. The van der Waals surface area contributed by atoms with Crippen molar-refractivity contribution in [3.63, 3.8) is 0 Å². The molecule has 8 heteroatoms. The van der Waals surface area contributed by atoms with E-state index in [9.17, 15) is 18.0 Å². The number of amides is 1. The predicted molar refractivity (Wildman–Crippen MR) is 91.8 cm³/mol. The Hall–Kier alpha value is -3.55. The molecule has 1 amide bonds. The van der Waals surface area contributed by atoms with E-state index in [0.29, 0.717) is 17.6 Å². The maximum atomic E-state index is 12.5. The number of benzene rings is 2. The summed E-state index contributed by atoms with van der Waals surface area (Å²) >= 11 is 0. The third-order valence-electron chi connectivity index (χ3n) is 3.34. The zero-order valence-electron chi connectivity index (χ0n) is 13.7. The third-order valence-corrected chi connectivity index (χ3v) is 3.34. The van der Waals surface area contributed by atoms with Crippen molar-refractivity contribution in [2.45, 2.75) is 6.18 Å². The van der Waals surface area contributed by atoms with Gasteiger partial charge in [0.25, 0.3) is 0 Å². The zero-order chi connectivity index (χ0) is 19.3. The van der Waals surface area contributed by atoms with Crippen LogP contribution in [0.2, 0.25) is 0 Å². The first-order valence-corrected chi connectivity index (χ1v) is 7.75. The lowest BCUT2D eigenvalue weighted by Crippen LogP contribution is -2.16. The topological polar surface area (TPSA) is 60.5 Å². The molecule has 0 aliphatic heterocycles. The van der Waals surface area contributed by atoms with Gasteiger partial charge in [-0.15, -0.1) is 0 Å². The van der Waals surface area contributed by atoms with E-state index in [1.54, 1.807) is 24.3 Å². The zero-order valence-corrected chi connectivity index (χ0v) is 13.7. The number of ether oxygens (including phenoxy) is 2. The van der Waals surface area contributed by atoms with Gasteiger partial charge in [0, 0.05) is 18.0 Å². The first-order chi connectivity index (χ1) is 12.9. The summed E-state index contributed by atoms with van der Waals surface area (Å²) in [5, 5.41) is 2.57. The van der Waals surface area contributed by atoms with E-state index >= 15 is 0 Å². The fourth-order valence-corrected chi connectivity index (χ4v) is 2.08. The quantitative estimate of drug-likeness (QED) is 0.655. The molecule has 0 atom stereocenters. The molecular weight excluding hydrogens is 361 g/mol. The van der Waals surface area contributed by atoms with Gasteiger partial charge in [0.1, 0.15) is 11.5 Å². The van der Waals surface area contributed by atoms with Crippen molar-refractivity contribution in [2.75, 3.05) is 5.32 Å². The highest BCUT2D eigenvalue weighted by atomic mass is 19.4. The maximum absolute atomic E-state index is 12.5. The van der Waals surface area contributed by atoms with Crippen LogP contribution in [0.3, 0.4) is 0 Å². The van der Waals surface area contributed by atoms with Crippen LogP contribution in [0, 0.1) is 0 Å². The van der Waals surface area contributed by atoms with Crippen LogP contribution >= 0.6 is 0 Å². The molecule has 0 saturated carbocycles. The molecule has 138 valence electrons. The Kier molecular flexibility index (Phi) is 5.25. The van der Waals surface area contributed by atoms with E-state index in [1.807, 2.05) is 6.07 Å². The van der Waals surface area contributed by atoms with Gasteiger partial charge in [0.15, 0.2) is 0 Å². The third kappa shape index (κ3) is 5.21. The van der Waals surface area contributed by atoms with E-state index in [4.69, 9.17) is 9.47 Å². The van der Waals surface area contributed by atoms with Crippen LogP contribution in [0.1, 0.15) is 5.56 Å². The summed E-state index contributed by atoms with van der Waals surface area (Å²) in [5.41, 5.74) is -0.265. The van der Waals surface area contributed by atoms with Gasteiger partial charge in [-0.25, -0.2) is 9.78 Å². The molecule has 0 fully saturated rings. The Balaban J connectivity index is 1.58. The van der Waals surface area contributed by atoms with Gasteiger partial charge in [-0.2, -0.15) is 13.2 Å². The van der Waals surface area contributed by atoms with Gasteiger partial charge in [-0.1, -0.05) is 18.2 Å². The predicted octanol–water partition coefficient (Wildman–Crippen LogP) is 5.50. The Morgan fingerprint density at radius 1 is 0.889 bits per heavy atom. The molecule has 1 heterocycles. The largest absolute Gasteiger partial charge is 0.439 e. The molecule has 0 aliphatic carbocycles. The lowest BCUT2D eigenvalue weighted by Gasteiger charge is -2.09. The molecular formula is C19H13F3N2O3. The fourth-order valence-electron chi connectivity index (χ4n) is 2.08. The van der Waals surface area contributed by atoms with Gasteiger partial charge < -0.3 is 9.47 Å². The Morgan fingerprint density at radius 2 is 1.56 bits per heavy atom. The van der Waals surface area contributed by atoms with Crippen molar-refractivity contribution in [1.82, 2.24) is 4.98 Å². The summed E-state index contributed by atoms with van der Waals surface area (Å²) in [7, 11) is 0. The van der Waals surface area contributed by atoms with Crippen LogP contribution in [0.5, 0.6) is 17.4 Å². The van der Waals surface area contributed by atoms with E-state index in [0.717, 1.165) is 12.1 Å². The monoisotopic (exact) mass is 374 g/mol. The van der Waals surface area contributed by atoms with Crippen molar-refractivity contribution in [3.05, 3.63) is 78.5 Å². The van der Waals surface area contributed by atoms with Gasteiger partial charge in [-0.05, 0) is 42.5 Å².